The number of nitrogens with one attached hydrogen (secondary N) is 2. The van der Waals surface area contributed by atoms with Crippen molar-refractivity contribution in [3.05, 3.63) is 0 Å². The Morgan fingerprint density at radius 2 is 1.88 bits per heavy atom. The Morgan fingerprint density at radius 3 is 2.29 bits per heavy atom. The van der Waals surface area contributed by atoms with Gasteiger partial charge in [-0.15, -0.1) is 0 Å². The first-order valence-electron chi connectivity index (χ1n) is 5.99. The Kier molecular flexibility index (Phi) is 6.80. The van der Waals surface area contributed by atoms with Crippen LogP contribution < -0.4 is 10.6 Å². The van der Waals surface area contributed by atoms with Gasteiger partial charge in [0.2, 0.25) is 5.91 Å². The third-order valence-corrected chi connectivity index (χ3v) is 2.54. The van der Waals surface area contributed by atoms with Gasteiger partial charge in [0, 0.05) is 19.0 Å². The van der Waals surface area contributed by atoms with E-state index in [1.807, 2.05) is 27.7 Å². The Labute approximate surface area is 103 Å². The molecule has 0 rings (SSSR count). The van der Waals surface area contributed by atoms with Gasteiger partial charge < -0.3 is 15.7 Å². The van der Waals surface area contributed by atoms with Crippen LogP contribution in [0.2, 0.25) is 0 Å². The van der Waals surface area contributed by atoms with Crippen LogP contribution in [0.5, 0.6) is 0 Å². The smallest absolute Gasteiger partial charge is 0.305 e. The molecule has 0 heterocycles. The average molecular weight is 244 g/mol. The SMILES string of the molecule is CCNCCC(=O)NC(CC(=O)O)C(C)(C)C. The van der Waals surface area contributed by atoms with Crippen molar-refractivity contribution in [1.29, 1.82) is 0 Å². The summed E-state index contributed by atoms with van der Waals surface area (Å²) in [6.45, 7) is 9.18. The zero-order valence-electron chi connectivity index (χ0n) is 11.2. The minimum Gasteiger partial charge on any atom is -0.481 e. The summed E-state index contributed by atoms with van der Waals surface area (Å²) in [6.07, 6.45) is 0.330. The van der Waals surface area contributed by atoms with Crippen LogP contribution in [0.3, 0.4) is 0 Å². The van der Waals surface area contributed by atoms with Crippen LogP contribution in [0.4, 0.5) is 0 Å². The lowest BCUT2D eigenvalue weighted by Gasteiger charge is -2.30. The van der Waals surface area contributed by atoms with E-state index < -0.39 is 5.97 Å². The molecule has 0 aliphatic rings. The second-order valence-corrected chi connectivity index (χ2v) is 5.19. The van der Waals surface area contributed by atoms with Crippen LogP contribution >= 0.6 is 0 Å². The molecule has 1 unspecified atom stereocenters. The van der Waals surface area contributed by atoms with Gasteiger partial charge in [0.1, 0.15) is 0 Å². The number of carboxylic acid groups (broad SMARTS) is 1. The van der Waals surface area contributed by atoms with Crippen LogP contribution in [0.1, 0.15) is 40.5 Å². The standard InChI is InChI=1S/C12H24N2O3/c1-5-13-7-6-10(15)14-9(8-11(16)17)12(2,3)4/h9,13H,5-8H2,1-4H3,(H,14,15)(H,16,17). The molecule has 1 atom stereocenters. The van der Waals surface area contributed by atoms with Gasteiger partial charge in [0.15, 0.2) is 0 Å². The highest BCUT2D eigenvalue weighted by Crippen LogP contribution is 2.21. The highest BCUT2D eigenvalue weighted by Gasteiger charge is 2.28. The molecular formula is C12H24N2O3. The van der Waals surface area contributed by atoms with E-state index in [0.29, 0.717) is 13.0 Å². The van der Waals surface area contributed by atoms with Crippen molar-refractivity contribution in [2.45, 2.75) is 46.6 Å². The molecule has 0 aromatic carbocycles. The van der Waals surface area contributed by atoms with Crippen molar-refractivity contribution >= 4 is 11.9 Å². The second-order valence-electron chi connectivity index (χ2n) is 5.19. The average Bonchev–Trinajstić information content (AvgIpc) is 2.15. The maximum atomic E-state index is 11.6. The molecule has 0 bridgehead atoms. The molecule has 5 nitrogen and oxygen atoms in total. The van der Waals surface area contributed by atoms with Gasteiger partial charge >= 0.3 is 5.97 Å². The van der Waals surface area contributed by atoms with Crippen molar-refractivity contribution in [2.75, 3.05) is 13.1 Å². The number of amides is 1. The Hall–Kier alpha value is -1.10. The molecule has 0 saturated carbocycles. The predicted molar refractivity (Wildman–Crippen MR) is 66.8 cm³/mol. The molecule has 5 heteroatoms. The quantitative estimate of drug-likeness (QED) is 0.584. The summed E-state index contributed by atoms with van der Waals surface area (Å²) in [5.74, 6) is -0.996. The number of carboxylic acids is 1. The second kappa shape index (κ2) is 7.27. The highest BCUT2D eigenvalue weighted by atomic mass is 16.4. The van der Waals surface area contributed by atoms with E-state index in [1.54, 1.807) is 0 Å². The molecule has 3 N–H and O–H groups in total. The van der Waals surface area contributed by atoms with Crippen molar-refractivity contribution in [3.63, 3.8) is 0 Å². The lowest BCUT2D eigenvalue weighted by molar-refractivity contribution is -0.138. The van der Waals surface area contributed by atoms with Crippen LogP contribution in [0.15, 0.2) is 0 Å². The minimum absolute atomic E-state index is 0.0452. The maximum absolute atomic E-state index is 11.6. The predicted octanol–water partition coefficient (Wildman–Crippen LogP) is 0.992. The first-order chi connectivity index (χ1) is 7.77. The molecule has 17 heavy (non-hydrogen) atoms. The van der Waals surface area contributed by atoms with Crippen LogP contribution in [-0.2, 0) is 9.59 Å². The Bertz CT molecular complexity index is 259. The molecule has 0 radical (unpaired) electrons. The first-order valence-corrected chi connectivity index (χ1v) is 5.99. The van der Waals surface area contributed by atoms with Crippen molar-refractivity contribution in [3.8, 4) is 0 Å². The molecule has 0 aliphatic carbocycles. The third-order valence-electron chi connectivity index (χ3n) is 2.54. The molecule has 0 aromatic heterocycles. The van der Waals surface area contributed by atoms with E-state index in [0.717, 1.165) is 6.54 Å². The summed E-state index contributed by atoms with van der Waals surface area (Å²) in [5, 5.41) is 14.7. The van der Waals surface area contributed by atoms with E-state index in [4.69, 9.17) is 5.11 Å². The lowest BCUT2D eigenvalue weighted by atomic mass is 9.84. The Balaban J connectivity index is 4.24. The van der Waals surface area contributed by atoms with Crippen molar-refractivity contribution in [2.24, 2.45) is 5.41 Å². The number of hydrogen-bond acceptors (Lipinski definition) is 3. The fourth-order valence-corrected chi connectivity index (χ4v) is 1.39. The largest absolute Gasteiger partial charge is 0.481 e. The number of aliphatic carboxylic acids is 1. The van der Waals surface area contributed by atoms with Crippen molar-refractivity contribution < 1.29 is 14.7 Å². The lowest BCUT2D eigenvalue weighted by Crippen LogP contribution is -2.45. The monoisotopic (exact) mass is 244 g/mol. The van der Waals surface area contributed by atoms with Gasteiger partial charge in [0.05, 0.1) is 6.42 Å². The normalized spacial score (nSPS) is 13.2. The molecular weight excluding hydrogens is 220 g/mol. The fraction of sp³-hybridized carbons (Fsp3) is 0.833. The minimum atomic E-state index is -0.892. The van der Waals surface area contributed by atoms with Gasteiger partial charge in [0.25, 0.3) is 0 Å². The highest BCUT2D eigenvalue weighted by molar-refractivity contribution is 5.77. The molecule has 1 amide bonds. The van der Waals surface area contributed by atoms with Crippen LogP contribution in [0, 0.1) is 5.41 Å². The molecule has 0 aromatic rings. The van der Waals surface area contributed by atoms with E-state index in [-0.39, 0.29) is 23.8 Å². The molecule has 0 fully saturated rings. The topological polar surface area (TPSA) is 78.4 Å². The number of carbonyl (C=O) groups is 2. The van der Waals surface area contributed by atoms with E-state index >= 15 is 0 Å². The molecule has 0 spiro atoms. The van der Waals surface area contributed by atoms with Crippen LogP contribution in [0.25, 0.3) is 0 Å². The van der Waals surface area contributed by atoms with Gasteiger partial charge in [-0.05, 0) is 12.0 Å². The summed E-state index contributed by atoms with van der Waals surface area (Å²) < 4.78 is 0. The van der Waals surface area contributed by atoms with Crippen molar-refractivity contribution in [1.82, 2.24) is 10.6 Å². The van der Waals surface area contributed by atoms with Crippen LogP contribution in [-0.4, -0.2) is 36.1 Å². The zero-order chi connectivity index (χ0) is 13.5. The zero-order valence-corrected chi connectivity index (χ0v) is 11.2. The van der Waals surface area contributed by atoms with Gasteiger partial charge in [-0.2, -0.15) is 0 Å². The third kappa shape index (κ3) is 7.74. The van der Waals surface area contributed by atoms with Gasteiger partial charge in [-0.3, -0.25) is 9.59 Å². The number of rotatable bonds is 7. The Morgan fingerprint density at radius 1 is 1.29 bits per heavy atom. The summed E-state index contributed by atoms with van der Waals surface area (Å²) in [4.78, 5) is 22.3. The molecule has 100 valence electrons. The van der Waals surface area contributed by atoms with E-state index in [9.17, 15) is 9.59 Å². The summed E-state index contributed by atoms with van der Waals surface area (Å²) >= 11 is 0. The molecule has 0 saturated heterocycles. The van der Waals surface area contributed by atoms with E-state index in [1.165, 1.54) is 0 Å². The fourth-order valence-electron chi connectivity index (χ4n) is 1.39. The summed E-state index contributed by atoms with van der Waals surface area (Å²) in [5.41, 5.74) is -0.258. The van der Waals surface area contributed by atoms with E-state index in [2.05, 4.69) is 10.6 Å². The summed E-state index contributed by atoms with van der Waals surface area (Å²) in [6, 6.07) is -0.339. The van der Waals surface area contributed by atoms with Gasteiger partial charge in [-0.1, -0.05) is 27.7 Å². The maximum Gasteiger partial charge on any atom is 0.305 e. The van der Waals surface area contributed by atoms with Gasteiger partial charge in [-0.25, -0.2) is 0 Å². The number of hydrogen-bond donors (Lipinski definition) is 3. The number of carbonyl (C=O) groups excluding carboxylic acids is 1. The summed E-state index contributed by atoms with van der Waals surface area (Å²) in [7, 11) is 0. The first kappa shape index (κ1) is 15.9. The molecule has 0 aliphatic heterocycles.